The van der Waals surface area contributed by atoms with Crippen LogP contribution in [0.15, 0.2) is 46.0 Å². The average molecular weight is 371 g/mol. The van der Waals surface area contributed by atoms with Crippen molar-refractivity contribution in [3.8, 4) is 5.75 Å². The van der Waals surface area contributed by atoms with Crippen molar-refractivity contribution in [2.24, 2.45) is 0 Å². The van der Waals surface area contributed by atoms with Crippen molar-refractivity contribution in [2.75, 3.05) is 20.3 Å². The molecule has 27 heavy (non-hydrogen) atoms. The van der Waals surface area contributed by atoms with Crippen molar-refractivity contribution in [1.29, 1.82) is 0 Å². The van der Waals surface area contributed by atoms with Crippen LogP contribution in [0.4, 0.5) is 0 Å². The molecule has 0 fully saturated rings. The first kappa shape index (κ1) is 19.1. The normalized spacial score (nSPS) is 12.4. The highest BCUT2D eigenvalue weighted by Gasteiger charge is 2.08. The zero-order chi connectivity index (χ0) is 19.2. The first-order valence-corrected chi connectivity index (χ1v) is 8.95. The Bertz CT molecular complexity index is 948. The summed E-state index contributed by atoms with van der Waals surface area (Å²) in [6.07, 6.45) is 3.66. The highest BCUT2D eigenvalue weighted by molar-refractivity contribution is 5.81. The van der Waals surface area contributed by atoms with Crippen LogP contribution in [0.25, 0.3) is 11.0 Å². The maximum Gasteiger partial charge on any atom is 0.336 e. The molecule has 3 rings (SSSR count). The Hall–Kier alpha value is -2.64. The van der Waals surface area contributed by atoms with Crippen LogP contribution in [0.2, 0.25) is 0 Å². The number of benzene rings is 1. The van der Waals surface area contributed by atoms with Gasteiger partial charge in [0.2, 0.25) is 0 Å². The van der Waals surface area contributed by atoms with Crippen LogP contribution in [0.5, 0.6) is 5.75 Å². The summed E-state index contributed by atoms with van der Waals surface area (Å²) in [6.45, 7) is 6.57. The molecule has 144 valence electrons. The van der Waals surface area contributed by atoms with E-state index in [1.54, 1.807) is 13.2 Å². The second-order valence-corrected chi connectivity index (χ2v) is 6.57. The molecular formula is C20H25N3O4. The molecule has 1 atom stereocenters. The highest BCUT2D eigenvalue weighted by atomic mass is 16.5. The van der Waals surface area contributed by atoms with Crippen LogP contribution in [-0.2, 0) is 17.8 Å². The van der Waals surface area contributed by atoms with E-state index in [0.717, 1.165) is 23.2 Å². The largest absolute Gasteiger partial charge is 0.492 e. The van der Waals surface area contributed by atoms with E-state index in [0.29, 0.717) is 31.1 Å². The summed E-state index contributed by atoms with van der Waals surface area (Å²) in [6, 6.07) is 7.19. The van der Waals surface area contributed by atoms with Crippen LogP contribution < -0.4 is 15.7 Å². The number of nitrogens with one attached hydrogen (secondary N) is 1. The van der Waals surface area contributed by atoms with Crippen molar-refractivity contribution in [1.82, 2.24) is 14.9 Å². The molecule has 7 nitrogen and oxygen atoms in total. The first-order valence-electron chi connectivity index (χ1n) is 8.95. The number of methoxy groups -OCH3 is 1. The van der Waals surface area contributed by atoms with Gasteiger partial charge < -0.3 is 23.8 Å². The van der Waals surface area contributed by atoms with E-state index in [9.17, 15) is 4.79 Å². The third-order valence-corrected chi connectivity index (χ3v) is 4.39. The van der Waals surface area contributed by atoms with E-state index in [2.05, 4.69) is 21.8 Å². The third-order valence-electron chi connectivity index (χ3n) is 4.39. The number of aryl methyl sites for hydroxylation is 1. The summed E-state index contributed by atoms with van der Waals surface area (Å²) in [7, 11) is 1.69. The van der Waals surface area contributed by atoms with Gasteiger partial charge in [0.1, 0.15) is 17.9 Å². The summed E-state index contributed by atoms with van der Waals surface area (Å²) in [5.41, 5.74) is 2.19. The summed E-state index contributed by atoms with van der Waals surface area (Å²) < 4.78 is 18.3. The van der Waals surface area contributed by atoms with E-state index in [-0.39, 0.29) is 11.7 Å². The summed E-state index contributed by atoms with van der Waals surface area (Å²) in [5.74, 6) is 0.676. The Labute approximate surface area is 157 Å². The molecule has 0 saturated heterocycles. The Morgan fingerprint density at radius 1 is 1.33 bits per heavy atom. The third kappa shape index (κ3) is 4.96. The zero-order valence-corrected chi connectivity index (χ0v) is 15.9. The lowest BCUT2D eigenvalue weighted by molar-refractivity contribution is 0.186. The number of fused-ring (bicyclic) bond motifs is 1. The molecule has 3 aromatic rings. The van der Waals surface area contributed by atoms with Gasteiger partial charge in [-0.05, 0) is 31.5 Å². The summed E-state index contributed by atoms with van der Waals surface area (Å²) >= 11 is 0. The molecule has 0 aliphatic rings. The quantitative estimate of drug-likeness (QED) is 0.582. The molecule has 2 heterocycles. The molecule has 2 aromatic heterocycles. The van der Waals surface area contributed by atoms with Crippen LogP contribution in [-0.4, -0.2) is 35.9 Å². The number of rotatable bonds is 9. The van der Waals surface area contributed by atoms with Gasteiger partial charge in [0, 0.05) is 50.0 Å². The molecule has 1 unspecified atom stereocenters. The van der Waals surface area contributed by atoms with Crippen molar-refractivity contribution in [3.05, 3.63) is 58.5 Å². The van der Waals surface area contributed by atoms with Gasteiger partial charge in [-0.1, -0.05) is 0 Å². The van der Waals surface area contributed by atoms with Gasteiger partial charge in [0.15, 0.2) is 0 Å². The number of hydrogen-bond acceptors (Lipinski definition) is 6. The van der Waals surface area contributed by atoms with Gasteiger partial charge in [-0.15, -0.1) is 0 Å². The summed E-state index contributed by atoms with van der Waals surface area (Å²) in [5, 5.41) is 4.34. The molecule has 0 aliphatic carbocycles. The van der Waals surface area contributed by atoms with E-state index < -0.39 is 0 Å². The van der Waals surface area contributed by atoms with E-state index >= 15 is 0 Å². The van der Waals surface area contributed by atoms with Gasteiger partial charge in [-0.2, -0.15) is 0 Å². The van der Waals surface area contributed by atoms with Crippen molar-refractivity contribution in [3.63, 3.8) is 0 Å². The number of ether oxygens (including phenoxy) is 2. The Kier molecular flexibility index (Phi) is 6.26. The average Bonchev–Trinajstić information content (AvgIpc) is 3.09. The molecule has 1 aromatic carbocycles. The zero-order valence-electron chi connectivity index (χ0n) is 15.9. The van der Waals surface area contributed by atoms with Crippen LogP contribution in [0, 0.1) is 6.92 Å². The smallest absolute Gasteiger partial charge is 0.336 e. The lowest BCUT2D eigenvalue weighted by atomic mass is 10.1. The molecular weight excluding hydrogens is 346 g/mol. The first-order chi connectivity index (χ1) is 13.1. The fourth-order valence-electron chi connectivity index (χ4n) is 2.84. The van der Waals surface area contributed by atoms with Gasteiger partial charge in [-0.3, -0.25) is 0 Å². The van der Waals surface area contributed by atoms with E-state index in [1.807, 2.05) is 31.6 Å². The number of imidazole rings is 1. The van der Waals surface area contributed by atoms with Crippen molar-refractivity contribution >= 4 is 11.0 Å². The van der Waals surface area contributed by atoms with Gasteiger partial charge in [0.25, 0.3) is 0 Å². The Morgan fingerprint density at radius 3 is 3.00 bits per heavy atom. The number of hydrogen-bond donors (Lipinski definition) is 1. The monoisotopic (exact) mass is 371 g/mol. The maximum absolute atomic E-state index is 11.5. The SMILES string of the molecule is COCCn1cncc1CNC(C)COc1ccc2c(C)cc(=O)oc2c1. The van der Waals surface area contributed by atoms with Crippen molar-refractivity contribution in [2.45, 2.75) is 33.0 Å². The minimum atomic E-state index is -0.350. The van der Waals surface area contributed by atoms with E-state index in [4.69, 9.17) is 13.9 Å². The van der Waals surface area contributed by atoms with Gasteiger partial charge in [-0.25, -0.2) is 9.78 Å². The number of aromatic nitrogens is 2. The minimum Gasteiger partial charge on any atom is -0.492 e. The van der Waals surface area contributed by atoms with Crippen LogP contribution in [0.1, 0.15) is 18.2 Å². The standard InChI is InChI=1S/C20H25N3O4/c1-14-8-20(24)27-19-9-17(4-5-18(14)19)26-12-15(2)22-11-16-10-21-13-23(16)6-7-25-3/h4-5,8-10,13,15,22H,6-7,11-12H2,1-3H3. The van der Waals surface area contributed by atoms with Gasteiger partial charge in [0.05, 0.1) is 18.6 Å². The minimum absolute atomic E-state index is 0.135. The topological polar surface area (TPSA) is 78.5 Å². The molecule has 7 heteroatoms. The Balaban J connectivity index is 1.55. The molecule has 0 aliphatic heterocycles. The molecule has 0 bridgehead atoms. The number of nitrogens with zero attached hydrogens (tertiary/aromatic N) is 2. The second kappa shape index (κ2) is 8.83. The predicted octanol–water partition coefficient (Wildman–Crippen LogP) is 2.50. The predicted molar refractivity (Wildman–Crippen MR) is 103 cm³/mol. The maximum atomic E-state index is 11.5. The molecule has 0 spiro atoms. The fraction of sp³-hybridized carbons (Fsp3) is 0.400. The second-order valence-electron chi connectivity index (χ2n) is 6.57. The molecule has 0 saturated carbocycles. The van der Waals surface area contributed by atoms with Crippen LogP contribution >= 0.6 is 0 Å². The molecule has 1 N–H and O–H groups in total. The van der Waals surface area contributed by atoms with E-state index in [1.165, 1.54) is 6.07 Å². The lowest BCUT2D eigenvalue weighted by Gasteiger charge is -2.16. The lowest BCUT2D eigenvalue weighted by Crippen LogP contribution is -2.32. The summed E-state index contributed by atoms with van der Waals surface area (Å²) in [4.78, 5) is 15.7. The molecule has 0 radical (unpaired) electrons. The van der Waals surface area contributed by atoms with Crippen LogP contribution in [0.3, 0.4) is 0 Å². The molecule has 0 amide bonds. The van der Waals surface area contributed by atoms with Gasteiger partial charge >= 0.3 is 5.63 Å². The Morgan fingerprint density at radius 2 is 2.19 bits per heavy atom. The highest BCUT2D eigenvalue weighted by Crippen LogP contribution is 2.22. The van der Waals surface area contributed by atoms with Crippen molar-refractivity contribution < 1.29 is 13.9 Å². The fourth-order valence-corrected chi connectivity index (χ4v) is 2.84.